The van der Waals surface area contributed by atoms with Gasteiger partial charge in [0.1, 0.15) is 10.2 Å². The van der Waals surface area contributed by atoms with Crippen LogP contribution >= 0.6 is 15.9 Å². The Morgan fingerprint density at radius 3 is 3.00 bits per heavy atom. The van der Waals surface area contributed by atoms with E-state index in [2.05, 4.69) is 15.9 Å². The van der Waals surface area contributed by atoms with Gasteiger partial charge >= 0.3 is 0 Å². The Labute approximate surface area is 85.0 Å². The molecule has 1 aromatic rings. The van der Waals surface area contributed by atoms with Crippen molar-refractivity contribution in [3.05, 3.63) is 22.9 Å². The predicted octanol–water partition coefficient (Wildman–Crippen LogP) is 1.76. The summed E-state index contributed by atoms with van der Waals surface area (Å²) in [5.41, 5.74) is 0. The number of pyridine rings is 1. The van der Waals surface area contributed by atoms with E-state index in [4.69, 9.17) is 9.94 Å². The monoisotopic (exact) mass is 244 g/mol. The van der Waals surface area contributed by atoms with E-state index in [0.717, 1.165) is 27.5 Å². The number of ether oxygens (including phenoxy) is 1. The number of hydrogen-bond acceptors (Lipinski definition) is 2. The predicted molar refractivity (Wildman–Crippen MR) is 49.7 cm³/mol. The third kappa shape index (κ3) is 2.34. The fourth-order valence-electron chi connectivity index (χ4n) is 1.06. The van der Waals surface area contributed by atoms with Crippen LogP contribution in [0.2, 0.25) is 0 Å². The molecule has 0 spiro atoms. The van der Waals surface area contributed by atoms with E-state index in [1.165, 1.54) is 12.8 Å². The molecule has 1 saturated carbocycles. The minimum atomic E-state index is 0.744. The summed E-state index contributed by atoms with van der Waals surface area (Å²) in [6, 6.07) is 1.74. The molecule has 1 fully saturated rings. The zero-order valence-corrected chi connectivity index (χ0v) is 8.70. The molecule has 4 heteroatoms. The van der Waals surface area contributed by atoms with Crippen LogP contribution in [0.4, 0.5) is 0 Å². The second kappa shape index (κ2) is 3.54. The first kappa shape index (κ1) is 8.81. The lowest BCUT2D eigenvalue weighted by Gasteiger charge is -2.04. The van der Waals surface area contributed by atoms with Crippen LogP contribution in [-0.2, 0) is 0 Å². The normalized spacial score (nSPS) is 15.8. The Morgan fingerprint density at radius 2 is 2.38 bits per heavy atom. The zero-order chi connectivity index (χ0) is 9.26. The molecule has 1 N–H and O–H groups in total. The summed E-state index contributed by atoms with van der Waals surface area (Å²) in [7, 11) is 0. The summed E-state index contributed by atoms with van der Waals surface area (Å²) in [6.45, 7) is 0.786. The van der Waals surface area contributed by atoms with Crippen molar-refractivity contribution in [2.45, 2.75) is 12.8 Å². The van der Waals surface area contributed by atoms with Crippen molar-refractivity contribution in [1.29, 1.82) is 0 Å². The molecule has 3 nitrogen and oxygen atoms in total. The molecule has 1 aliphatic carbocycles. The second-order valence-corrected chi connectivity index (χ2v) is 4.15. The molecule has 0 bridgehead atoms. The summed E-state index contributed by atoms with van der Waals surface area (Å²) in [5.74, 6) is 1.53. The topological polar surface area (TPSA) is 33.3 Å². The number of aromatic nitrogens is 1. The van der Waals surface area contributed by atoms with Crippen LogP contribution in [0.1, 0.15) is 12.8 Å². The standard InChI is InChI=1S/C9H11BrNO2/c10-8-5-11(12)4-3-9(8)13-6-7-1-2-7/h3-5,7,12H,1-2,6H2/q+1. The highest BCUT2D eigenvalue weighted by Gasteiger charge is 2.22. The fourth-order valence-corrected chi connectivity index (χ4v) is 1.51. The van der Waals surface area contributed by atoms with Crippen molar-refractivity contribution in [3.63, 3.8) is 0 Å². The van der Waals surface area contributed by atoms with Gasteiger partial charge in [-0.05, 0) is 34.7 Å². The smallest absolute Gasteiger partial charge is 0.240 e. The van der Waals surface area contributed by atoms with E-state index in [0.29, 0.717) is 0 Å². The Morgan fingerprint density at radius 1 is 1.62 bits per heavy atom. The molecule has 1 aliphatic rings. The molecule has 0 amide bonds. The molecule has 0 aromatic carbocycles. The number of rotatable bonds is 3. The van der Waals surface area contributed by atoms with E-state index in [1.54, 1.807) is 18.5 Å². The van der Waals surface area contributed by atoms with Crippen LogP contribution in [-0.4, -0.2) is 11.8 Å². The molecule has 0 radical (unpaired) electrons. The van der Waals surface area contributed by atoms with Gasteiger partial charge in [0.25, 0.3) is 0 Å². The van der Waals surface area contributed by atoms with Gasteiger partial charge < -0.3 is 4.74 Å². The van der Waals surface area contributed by atoms with Crippen molar-refractivity contribution < 1.29 is 14.7 Å². The second-order valence-electron chi connectivity index (χ2n) is 3.29. The summed E-state index contributed by atoms with van der Waals surface area (Å²) >= 11 is 3.31. The van der Waals surface area contributed by atoms with Gasteiger partial charge in [-0.25, -0.2) is 0 Å². The molecule has 1 heterocycles. The van der Waals surface area contributed by atoms with Gasteiger partial charge in [0.15, 0.2) is 0 Å². The number of hydrogen-bond donors (Lipinski definition) is 1. The average molecular weight is 245 g/mol. The summed E-state index contributed by atoms with van der Waals surface area (Å²) in [4.78, 5) is 0. The molecule has 70 valence electrons. The zero-order valence-electron chi connectivity index (χ0n) is 7.11. The largest absolute Gasteiger partial charge is 0.492 e. The van der Waals surface area contributed by atoms with Crippen molar-refractivity contribution in [2.75, 3.05) is 6.61 Å². The highest BCUT2D eigenvalue weighted by molar-refractivity contribution is 9.10. The third-order valence-electron chi connectivity index (χ3n) is 2.03. The molecule has 0 unspecified atom stereocenters. The van der Waals surface area contributed by atoms with E-state index < -0.39 is 0 Å². The van der Waals surface area contributed by atoms with E-state index >= 15 is 0 Å². The van der Waals surface area contributed by atoms with Crippen LogP contribution in [0.25, 0.3) is 0 Å². The van der Waals surface area contributed by atoms with E-state index in [9.17, 15) is 0 Å². The van der Waals surface area contributed by atoms with Gasteiger partial charge in [-0.3, -0.25) is 5.21 Å². The summed E-state index contributed by atoms with van der Waals surface area (Å²) in [5, 5.41) is 9.06. The van der Waals surface area contributed by atoms with Gasteiger partial charge in [0.05, 0.1) is 12.7 Å². The summed E-state index contributed by atoms with van der Waals surface area (Å²) < 4.78 is 7.31. The first-order chi connectivity index (χ1) is 6.25. The van der Waals surface area contributed by atoms with Crippen molar-refractivity contribution in [3.8, 4) is 5.75 Å². The molecule has 0 saturated heterocycles. The van der Waals surface area contributed by atoms with Gasteiger partial charge in [-0.2, -0.15) is 0 Å². The molecule has 1 aromatic heterocycles. The Hall–Kier alpha value is -0.770. The Balaban J connectivity index is 2.01. The molecule has 0 aliphatic heterocycles. The Kier molecular flexibility index (Phi) is 2.40. The first-order valence-corrected chi connectivity index (χ1v) is 5.08. The average Bonchev–Trinajstić information content (AvgIpc) is 2.86. The molecular weight excluding hydrogens is 234 g/mol. The van der Waals surface area contributed by atoms with Crippen LogP contribution in [0.15, 0.2) is 22.9 Å². The van der Waals surface area contributed by atoms with E-state index in [1.807, 2.05) is 0 Å². The van der Waals surface area contributed by atoms with Crippen LogP contribution in [0, 0.1) is 5.92 Å². The van der Waals surface area contributed by atoms with Gasteiger partial charge in [-0.1, -0.05) is 0 Å². The highest BCUT2D eigenvalue weighted by atomic mass is 79.9. The minimum Gasteiger partial charge on any atom is -0.492 e. The maximum absolute atomic E-state index is 9.06. The minimum absolute atomic E-state index is 0.744. The Bertz CT molecular complexity index is 312. The third-order valence-corrected chi connectivity index (χ3v) is 2.63. The first-order valence-electron chi connectivity index (χ1n) is 4.28. The SMILES string of the molecule is O[n+]1ccc(OCC2CC2)c(Br)c1. The number of nitrogens with zero attached hydrogens (tertiary/aromatic N) is 1. The van der Waals surface area contributed by atoms with Gasteiger partial charge in [-0.15, -0.1) is 0 Å². The van der Waals surface area contributed by atoms with Gasteiger partial charge in [0, 0.05) is 4.73 Å². The molecular formula is C9H11BrNO2+. The molecule has 0 atom stereocenters. The number of halogens is 1. The van der Waals surface area contributed by atoms with Crippen LogP contribution in [0.3, 0.4) is 0 Å². The van der Waals surface area contributed by atoms with Crippen molar-refractivity contribution in [2.24, 2.45) is 5.92 Å². The lowest BCUT2D eigenvalue weighted by molar-refractivity contribution is -0.905. The van der Waals surface area contributed by atoms with Crippen LogP contribution < -0.4 is 9.47 Å². The maximum atomic E-state index is 9.06. The lowest BCUT2D eigenvalue weighted by Crippen LogP contribution is -2.28. The fraction of sp³-hybridized carbons (Fsp3) is 0.444. The van der Waals surface area contributed by atoms with Crippen LogP contribution in [0.5, 0.6) is 5.75 Å². The summed E-state index contributed by atoms with van der Waals surface area (Å²) in [6.07, 6.45) is 5.67. The van der Waals surface area contributed by atoms with Crippen molar-refractivity contribution >= 4 is 15.9 Å². The quantitative estimate of drug-likeness (QED) is 0.650. The lowest BCUT2D eigenvalue weighted by atomic mass is 10.4. The van der Waals surface area contributed by atoms with E-state index in [-0.39, 0.29) is 0 Å². The molecule has 2 rings (SSSR count). The maximum Gasteiger partial charge on any atom is 0.240 e. The van der Waals surface area contributed by atoms with Crippen molar-refractivity contribution in [1.82, 2.24) is 0 Å². The highest BCUT2D eigenvalue weighted by Crippen LogP contribution is 2.31. The molecule has 13 heavy (non-hydrogen) atoms. The van der Waals surface area contributed by atoms with Gasteiger partial charge in [0.2, 0.25) is 12.4 Å².